The van der Waals surface area contributed by atoms with Gasteiger partial charge in [-0.1, -0.05) is 32.6 Å². The van der Waals surface area contributed by atoms with E-state index < -0.39 is 12.1 Å². The number of carboxylic acids is 1. The van der Waals surface area contributed by atoms with Gasteiger partial charge in [-0.05, 0) is 12.8 Å². The van der Waals surface area contributed by atoms with Crippen molar-refractivity contribution in [2.45, 2.75) is 51.6 Å². The van der Waals surface area contributed by atoms with Gasteiger partial charge in [0.2, 0.25) is 0 Å². The molecule has 0 aliphatic rings. The Morgan fingerprint density at radius 1 is 1.33 bits per heavy atom. The smallest absolute Gasteiger partial charge is 0.338 e. The molecule has 0 aromatic heterocycles. The predicted octanol–water partition coefficient (Wildman–Crippen LogP) is 2.77. The van der Waals surface area contributed by atoms with E-state index in [1.165, 1.54) is 0 Å². The first kappa shape index (κ1) is 11.4. The molecule has 1 N–H and O–H groups in total. The van der Waals surface area contributed by atoms with Crippen molar-refractivity contribution < 1.29 is 14.3 Å². The molecule has 0 fully saturated rings. The van der Waals surface area contributed by atoms with Crippen molar-refractivity contribution in [3.8, 4) is 0 Å². The zero-order valence-corrected chi connectivity index (χ0v) is 7.55. The van der Waals surface area contributed by atoms with E-state index in [4.69, 9.17) is 5.11 Å². The number of hydrogen-bond donors (Lipinski definition) is 1. The van der Waals surface area contributed by atoms with Crippen LogP contribution in [-0.4, -0.2) is 17.2 Å². The molecule has 0 aliphatic heterocycles. The van der Waals surface area contributed by atoms with Gasteiger partial charge in [-0.15, -0.1) is 0 Å². The summed E-state index contributed by atoms with van der Waals surface area (Å²) in [6.07, 6.45) is 3.53. The first-order chi connectivity index (χ1) is 5.68. The van der Waals surface area contributed by atoms with E-state index >= 15 is 0 Å². The summed E-state index contributed by atoms with van der Waals surface area (Å²) in [4.78, 5) is 10.0. The minimum atomic E-state index is -1.66. The molecule has 3 heteroatoms. The van der Waals surface area contributed by atoms with Gasteiger partial charge in [0.05, 0.1) is 0 Å². The molecule has 0 radical (unpaired) electrons. The first-order valence-electron chi connectivity index (χ1n) is 4.55. The normalized spacial score (nSPS) is 12.8. The molecule has 1 atom stereocenters. The topological polar surface area (TPSA) is 37.3 Å². The van der Waals surface area contributed by atoms with Crippen LogP contribution in [0, 0.1) is 0 Å². The maximum atomic E-state index is 12.4. The fourth-order valence-corrected chi connectivity index (χ4v) is 1.05. The number of hydrogen-bond acceptors (Lipinski definition) is 1. The molecule has 0 aliphatic carbocycles. The molecular weight excluding hydrogens is 159 g/mol. The number of halogens is 1. The minimum Gasteiger partial charge on any atom is -0.479 e. The number of carbonyl (C=O) groups is 1. The molecule has 1 unspecified atom stereocenters. The molecular formula is C9H17FO2. The Balaban J connectivity index is 3.14. The lowest BCUT2D eigenvalue weighted by atomic mass is 10.1. The summed E-state index contributed by atoms with van der Waals surface area (Å²) < 4.78 is 12.4. The quantitative estimate of drug-likeness (QED) is 0.605. The van der Waals surface area contributed by atoms with Crippen molar-refractivity contribution in [2.75, 3.05) is 0 Å². The summed E-state index contributed by atoms with van der Waals surface area (Å²) >= 11 is 0. The van der Waals surface area contributed by atoms with Crippen LogP contribution >= 0.6 is 0 Å². The third-order valence-corrected chi connectivity index (χ3v) is 1.83. The van der Waals surface area contributed by atoms with Gasteiger partial charge in [0, 0.05) is 0 Å². The number of rotatable bonds is 7. The van der Waals surface area contributed by atoms with Gasteiger partial charge in [0.25, 0.3) is 0 Å². The van der Waals surface area contributed by atoms with Gasteiger partial charge in [0.15, 0.2) is 6.17 Å². The molecule has 0 saturated heterocycles. The largest absolute Gasteiger partial charge is 0.479 e. The zero-order valence-electron chi connectivity index (χ0n) is 7.55. The van der Waals surface area contributed by atoms with Crippen molar-refractivity contribution in [1.82, 2.24) is 0 Å². The lowest BCUT2D eigenvalue weighted by Crippen LogP contribution is -2.13. The van der Waals surface area contributed by atoms with Gasteiger partial charge < -0.3 is 5.11 Å². The minimum absolute atomic E-state index is 0.166. The summed E-state index contributed by atoms with van der Waals surface area (Å²) in [5.41, 5.74) is 0. The van der Waals surface area contributed by atoms with Crippen LogP contribution in [0.25, 0.3) is 0 Å². The van der Waals surface area contributed by atoms with E-state index in [1.807, 2.05) is 0 Å². The van der Waals surface area contributed by atoms with E-state index in [0.717, 1.165) is 25.7 Å². The van der Waals surface area contributed by atoms with Crippen LogP contribution in [-0.2, 0) is 4.79 Å². The van der Waals surface area contributed by atoms with E-state index in [0.29, 0.717) is 6.42 Å². The molecule has 0 rings (SSSR count). The summed E-state index contributed by atoms with van der Waals surface area (Å²) in [5, 5.41) is 8.21. The fourth-order valence-electron chi connectivity index (χ4n) is 1.05. The molecule has 0 saturated carbocycles. The molecule has 0 aromatic carbocycles. The highest BCUT2D eigenvalue weighted by molar-refractivity contribution is 5.71. The molecule has 0 heterocycles. The van der Waals surface area contributed by atoms with Crippen molar-refractivity contribution in [3.05, 3.63) is 0 Å². The lowest BCUT2D eigenvalue weighted by Gasteiger charge is -2.01. The maximum absolute atomic E-state index is 12.4. The number of unbranched alkanes of at least 4 members (excludes halogenated alkanes) is 4. The standard InChI is InChI=1S/C9H17FO2/c1-2-3-4-5-6-7-8(10)9(11)12/h8H,2-7H2,1H3,(H,11,12). The molecule has 0 amide bonds. The Labute approximate surface area is 72.8 Å². The van der Waals surface area contributed by atoms with Crippen molar-refractivity contribution in [1.29, 1.82) is 0 Å². The summed E-state index contributed by atoms with van der Waals surface area (Å²) in [6, 6.07) is 0. The Morgan fingerprint density at radius 2 is 1.92 bits per heavy atom. The monoisotopic (exact) mass is 176 g/mol. The third-order valence-electron chi connectivity index (χ3n) is 1.83. The van der Waals surface area contributed by atoms with Gasteiger partial charge in [-0.2, -0.15) is 0 Å². The predicted molar refractivity (Wildman–Crippen MR) is 45.9 cm³/mol. The second-order valence-electron chi connectivity index (χ2n) is 3.01. The SMILES string of the molecule is CCCCCCCC(F)C(=O)O. The first-order valence-corrected chi connectivity index (χ1v) is 4.55. The number of carboxylic acid groups (broad SMARTS) is 1. The molecule has 0 bridgehead atoms. The molecule has 2 nitrogen and oxygen atoms in total. The van der Waals surface area contributed by atoms with Crippen LogP contribution in [0.4, 0.5) is 4.39 Å². The third kappa shape index (κ3) is 6.13. The molecule has 0 aromatic rings. The number of alkyl halides is 1. The summed E-state index contributed by atoms with van der Waals surface area (Å²) in [7, 11) is 0. The van der Waals surface area contributed by atoms with Gasteiger partial charge >= 0.3 is 5.97 Å². The Bertz CT molecular complexity index is 126. The maximum Gasteiger partial charge on any atom is 0.338 e. The van der Waals surface area contributed by atoms with Crippen molar-refractivity contribution in [3.63, 3.8) is 0 Å². The number of aliphatic carboxylic acids is 1. The van der Waals surface area contributed by atoms with Gasteiger partial charge in [-0.25, -0.2) is 9.18 Å². The Hall–Kier alpha value is -0.600. The van der Waals surface area contributed by atoms with Crippen molar-refractivity contribution in [2.24, 2.45) is 0 Å². The van der Waals surface area contributed by atoms with Gasteiger partial charge in [-0.3, -0.25) is 0 Å². The van der Waals surface area contributed by atoms with Crippen LogP contribution < -0.4 is 0 Å². The average Bonchev–Trinajstić information content (AvgIpc) is 2.03. The van der Waals surface area contributed by atoms with Crippen LogP contribution in [0.2, 0.25) is 0 Å². The van der Waals surface area contributed by atoms with Gasteiger partial charge in [0.1, 0.15) is 0 Å². The Kier molecular flexibility index (Phi) is 6.72. The zero-order chi connectivity index (χ0) is 9.40. The summed E-state index contributed by atoms with van der Waals surface area (Å²) in [6.45, 7) is 2.11. The van der Waals surface area contributed by atoms with E-state index in [9.17, 15) is 9.18 Å². The van der Waals surface area contributed by atoms with Crippen LogP contribution in [0.1, 0.15) is 45.4 Å². The average molecular weight is 176 g/mol. The van der Waals surface area contributed by atoms with Crippen molar-refractivity contribution >= 4 is 5.97 Å². The highest BCUT2D eigenvalue weighted by Gasteiger charge is 2.13. The highest BCUT2D eigenvalue weighted by Crippen LogP contribution is 2.09. The molecule has 12 heavy (non-hydrogen) atoms. The van der Waals surface area contributed by atoms with Crippen LogP contribution in [0.3, 0.4) is 0 Å². The lowest BCUT2D eigenvalue weighted by molar-refractivity contribution is -0.143. The molecule has 72 valence electrons. The summed E-state index contributed by atoms with van der Waals surface area (Å²) in [5.74, 6) is -1.33. The highest BCUT2D eigenvalue weighted by atomic mass is 19.1. The van der Waals surface area contributed by atoms with E-state index in [2.05, 4.69) is 6.92 Å². The molecule has 0 spiro atoms. The fraction of sp³-hybridized carbons (Fsp3) is 0.889. The second kappa shape index (κ2) is 7.07. The Morgan fingerprint density at radius 3 is 2.42 bits per heavy atom. The van der Waals surface area contributed by atoms with Crippen LogP contribution in [0.5, 0.6) is 0 Å². The van der Waals surface area contributed by atoms with E-state index in [-0.39, 0.29) is 6.42 Å². The second-order valence-corrected chi connectivity index (χ2v) is 3.01. The van der Waals surface area contributed by atoms with Crippen LogP contribution in [0.15, 0.2) is 0 Å². The van der Waals surface area contributed by atoms with E-state index in [1.54, 1.807) is 0 Å².